The highest BCUT2D eigenvalue weighted by Gasteiger charge is 2.33. The average Bonchev–Trinajstić information content (AvgIpc) is 3.42. The largest absolute Gasteiger partial charge is 0.468 e. The summed E-state index contributed by atoms with van der Waals surface area (Å²) < 4.78 is 31.1. The van der Waals surface area contributed by atoms with Crippen LogP contribution >= 0.6 is 22.7 Å². The van der Waals surface area contributed by atoms with Gasteiger partial charge >= 0.3 is 11.8 Å². The van der Waals surface area contributed by atoms with E-state index in [1.54, 1.807) is 17.5 Å². The molecule has 0 saturated heterocycles. The van der Waals surface area contributed by atoms with Crippen LogP contribution in [0.3, 0.4) is 0 Å². The molecular weight excluding hydrogens is 408 g/mol. The molecule has 7 nitrogen and oxygen atoms in total. The summed E-state index contributed by atoms with van der Waals surface area (Å²) in [5, 5.41) is 7.28. The molecule has 0 aliphatic heterocycles. The Hall–Kier alpha value is -2.43. The van der Waals surface area contributed by atoms with Gasteiger partial charge in [-0.2, -0.15) is 0 Å². The molecule has 0 bridgehead atoms. The van der Waals surface area contributed by atoms with Crippen LogP contribution in [0.15, 0.2) is 62.0 Å². The molecule has 3 aromatic heterocycles. The van der Waals surface area contributed by atoms with Crippen LogP contribution in [0, 0.1) is 0 Å². The van der Waals surface area contributed by atoms with Gasteiger partial charge in [-0.25, -0.2) is 8.42 Å². The van der Waals surface area contributed by atoms with Crippen molar-refractivity contribution < 1.29 is 22.4 Å². The van der Waals surface area contributed by atoms with Crippen molar-refractivity contribution in [3.8, 4) is 0 Å². The van der Waals surface area contributed by atoms with Gasteiger partial charge in [-0.05, 0) is 35.0 Å². The highest BCUT2D eigenvalue weighted by atomic mass is 32.2. The van der Waals surface area contributed by atoms with Gasteiger partial charge in [0.15, 0.2) is 9.84 Å². The van der Waals surface area contributed by atoms with Gasteiger partial charge in [-0.1, -0.05) is 12.1 Å². The van der Waals surface area contributed by atoms with Crippen molar-refractivity contribution in [2.24, 2.45) is 0 Å². The molecule has 2 amide bonds. The molecular formula is C17H16N2O5S3. The molecule has 0 aromatic carbocycles. The minimum Gasteiger partial charge on any atom is -0.468 e. The molecule has 0 aliphatic carbocycles. The first-order valence-electron chi connectivity index (χ1n) is 7.87. The number of amides is 2. The summed E-state index contributed by atoms with van der Waals surface area (Å²) in [6.45, 7) is -0.0436. The number of thiophene rings is 2. The number of carbonyl (C=O) groups excluding carboxylic acids is 2. The summed E-state index contributed by atoms with van der Waals surface area (Å²) in [6.07, 6.45) is 1.36. The Balaban J connectivity index is 1.66. The molecule has 1 atom stereocenters. The van der Waals surface area contributed by atoms with Crippen LogP contribution in [-0.4, -0.2) is 26.8 Å². The maximum atomic E-state index is 12.9. The molecule has 0 radical (unpaired) electrons. The zero-order valence-electron chi connectivity index (χ0n) is 14.0. The molecule has 27 heavy (non-hydrogen) atoms. The minimum atomic E-state index is -3.77. The molecule has 1 unspecified atom stereocenters. The first-order valence-corrected chi connectivity index (χ1v) is 11.2. The van der Waals surface area contributed by atoms with Crippen LogP contribution in [0.5, 0.6) is 0 Å². The molecule has 3 heterocycles. The fourth-order valence-electron chi connectivity index (χ4n) is 2.33. The maximum Gasteiger partial charge on any atom is 0.309 e. The van der Waals surface area contributed by atoms with Gasteiger partial charge in [0.1, 0.15) is 15.2 Å². The SMILES string of the molecule is O=C(NCc1cccs1)C(=O)NCC(c1ccco1)S(=O)(=O)c1cccs1. The minimum absolute atomic E-state index is 0.167. The van der Waals surface area contributed by atoms with Gasteiger partial charge in [0.2, 0.25) is 0 Å². The zero-order valence-corrected chi connectivity index (χ0v) is 16.4. The first kappa shape index (κ1) is 19.3. The van der Waals surface area contributed by atoms with Crippen molar-refractivity contribution in [2.75, 3.05) is 6.54 Å². The molecule has 0 aliphatic rings. The molecule has 142 valence electrons. The van der Waals surface area contributed by atoms with E-state index in [0.717, 1.165) is 16.2 Å². The van der Waals surface area contributed by atoms with Gasteiger partial charge in [0.05, 0.1) is 12.8 Å². The Bertz CT molecular complexity index is 978. The number of carbonyl (C=O) groups is 2. The van der Waals surface area contributed by atoms with Crippen LogP contribution < -0.4 is 10.6 Å². The van der Waals surface area contributed by atoms with Crippen molar-refractivity contribution >= 4 is 44.3 Å². The number of rotatable bonds is 7. The van der Waals surface area contributed by atoms with Crippen molar-refractivity contribution in [1.29, 1.82) is 0 Å². The summed E-state index contributed by atoms with van der Waals surface area (Å²) >= 11 is 2.54. The monoisotopic (exact) mass is 424 g/mol. The second-order valence-corrected chi connectivity index (χ2v) is 9.79. The predicted octanol–water partition coefficient (Wildman–Crippen LogP) is 2.35. The van der Waals surface area contributed by atoms with E-state index in [-0.39, 0.29) is 23.1 Å². The summed E-state index contributed by atoms with van der Waals surface area (Å²) in [7, 11) is -3.77. The quantitative estimate of drug-likeness (QED) is 0.567. The maximum absolute atomic E-state index is 12.9. The van der Waals surface area contributed by atoms with Gasteiger partial charge in [0, 0.05) is 11.4 Å². The van der Waals surface area contributed by atoms with E-state index >= 15 is 0 Å². The standard InChI is InChI=1S/C17H16N2O5S3/c20-16(18-10-12-4-2-8-25-12)17(21)19-11-14(13-5-1-7-24-13)27(22,23)15-6-3-9-26-15/h1-9,14H,10-11H2,(H,18,20)(H,19,21). The first-order chi connectivity index (χ1) is 13.0. The molecule has 10 heteroatoms. The summed E-state index contributed by atoms with van der Waals surface area (Å²) in [5.74, 6) is -1.53. The molecule has 0 fully saturated rings. The lowest BCUT2D eigenvalue weighted by molar-refractivity contribution is -0.139. The average molecular weight is 425 g/mol. The topological polar surface area (TPSA) is 105 Å². The molecule has 3 aromatic rings. The van der Waals surface area contributed by atoms with Crippen molar-refractivity contribution in [3.05, 3.63) is 64.1 Å². The third-order valence-corrected chi connectivity index (χ3v) is 8.04. The summed E-state index contributed by atoms with van der Waals surface area (Å²) in [6, 6.07) is 9.90. The van der Waals surface area contributed by atoms with E-state index in [0.29, 0.717) is 0 Å². The fourth-order valence-corrected chi connectivity index (χ4v) is 5.77. The van der Waals surface area contributed by atoms with Gasteiger partial charge in [-0.3, -0.25) is 9.59 Å². The van der Waals surface area contributed by atoms with E-state index in [4.69, 9.17) is 4.42 Å². The van der Waals surface area contributed by atoms with E-state index in [2.05, 4.69) is 10.6 Å². The lowest BCUT2D eigenvalue weighted by Crippen LogP contribution is -2.41. The van der Waals surface area contributed by atoms with Gasteiger partial charge in [0.25, 0.3) is 0 Å². The molecule has 2 N–H and O–H groups in total. The normalized spacial score (nSPS) is 12.4. The number of hydrogen-bond acceptors (Lipinski definition) is 7. The van der Waals surface area contributed by atoms with Crippen LogP contribution in [0.2, 0.25) is 0 Å². The van der Waals surface area contributed by atoms with Gasteiger partial charge in [-0.15, -0.1) is 22.7 Å². The van der Waals surface area contributed by atoms with Gasteiger partial charge < -0.3 is 15.1 Å². The Morgan fingerprint density at radius 3 is 2.37 bits per heavy atom. The number of hydrogen-bond donors (Lipinski definition) is 2. The predicted molar refractivity (Wildman–Crippen MR) is 102 cm³/mol. The Labute approximate surface area is 163 Å². The Kier molecular flexibility index (Phi) is 6.09. The van der Waals surface area contributed by atoms with E-state index in [1.165, 1.54) is 29.7 Å². The molecule has 0 saturated carbocycles. The van der Waals surface area contributed by atoms with E-state index in [1.807, 2.05) is 17.5 Å². The third kappa shape index (κ3) is 4.65. The van der Waals surface area contributed by atoms with Crippen LogP contribution in [0.25, 0.3) is 0 Å². The smallest absolute Gasteiger partial charge is 0.309 e. The third-order valence-electron chi connectivity index (χ3n) is 3.67. The lowest BCUT2D eigenvalue weighted by Gasteiger charge is -2.15. The Morgan fingerprint density at radius 1 is 1.00 bits per heavy atom. The van der Waals surface area contributed by atoms with Crippen molar-refractivity contribution in [1.82, 2.24) is 10.6 Å². The van der Waals surface area contributed by atoms with Crippen molar-refractivity contribution in [3.63, 3.8) is 0 Å². The van der Waals surface area contributed by atoms with Crippen LogP contribution in [-0.2, 0) is 26.0 Å². The number of sulfone groups is 1. The summed E-state index contributed by atoms with van der Waals surface area (Å²) in [4.78, 5) is 24.9. The lowest BCUT2D eigenvalue weighted by atomic mass is 10.3. The van der Waals surface area contributed by atoms with Crippen LogP contribution in [0.1, 0.15) is 15.9 Å². The van der Waals surface area contributed by atoms with E-state index < -0.39 is 26.9 Å². The van der Waals surface area contributed by atoms with E-state index in [9.17, 15) is 18.0 Å². The fraction of sp³-hybridized carbons (Fsp3) is 0.176. The molecule has 3 rings (SSSR count). The van der Waals surface area contributed by atoms with Crippen molar-refractivity contribution in [2.45, 2.75) is 16.0 Å². The molecule has 0 spiro atoms. The van der Waals surface area contributed by atoms with Crippen LogP contribution in [0.4, 0.5) is 0 Å². The number of nitrogens with one attached hydrogen (secondary N) is 2. The highest BCUT2D eigenvalue weighted by molar-refractivity contribution is 7.93. The zero-order chi connectivity index (χ0) is 19.3. The highest BCUT2D eigenvalue weighted by Crippen LogP contribution is 2.31. The Morgan fingerprint density at radius 2 is 1.74 bits per heavy atom. The second kappa shape index (κ2) is 8.51. The number of furan rings is 1. The summed E-state index contributed by atoms with van der Waals surface area (Å²) in [5.41, 5.74) is 0. The second-order valence-electron chi connectivity index (χ2n) is 5.45.